The largest absolute Gasteiger partial charge is 0.317 e. The van der Waals surface area contributed by atoms with Gasteiger partial charge in [0.05, 0.1) is 0 Å². The number of thiol groups is 1. The van der Waals surface area contributed by atoms with Crippen LogP contribution in [0.3, 0.4) is 0 Å². The van der Waals surface area contributed by atoms with Crippen molar-refractivity contribution in [3.63, 3.8) is 0 Å². The first kappa shape index (κ1) is 21.5. The monoisotopic (exact) mass is 297 g/mol. The van der Waals surface area contributed by atoms with E-state index in [4.69, 9.17) is 0 Å². The Labute approximate surface area is 130 Å². The summed E-state index contributed by atoms with van der Waals surface area (Å²) in [6, 6.07) is 0. The van der Waals surface area contributed by atoms with Crippen LogP contribution in [0.2, 0.25) is 0 Å². The summed E-state index contributed by atoms with van der Waals surface area (Å²) < 4.78 is 0. The molecule has 0 radical (unpaired) electrons. The van der Waals surface area contributed by atoms with Gasteiger partial charge in [0.1, 0.15) is 0 Å². The van der Waals surface area contributed by atoms with E-state index < -0.39 is 0 Å². The third-order valence-corrected chi connectivity index (χ3v) is 2.53. The van der Waals surface area contributed by atoms with Gasteiger partial charge in [-0.15, -0.1) is 12.6 Å². The Morgan fingerprint density at radius 1 is 1.30 bits per heavy atom. The van der Waals surface area contributed by atoms with Crippen LogP contribution in [-0.2, 0) is 4.79 Å². The molecule has 1 saturated heterocycles. The van der Waals surface area contributed by atoms with Crippen LogP contribution < -0.4 is 5.32 Å². The molecule has 116 valence electrons. The van der Waals surface area contributed by atoms with Gasteiger partial charge in [-0.05, 0) is 38.8 Å². The van der Waals surface area contributed by atoms with Crippen LogP contribution in [0.1, 0.15) is 52.4 Å². The van der Waals surface area contributed by atoms with Crippen LogP contribution in [0.25, 0.3) is 0 Å². The first-order valence-electron chi connectivity index (χ1n) is 7.41. The molecule has 0 atom stereocenters. The maximum atomic E-state index is 9.31. The molecule has 0 aromatic carbocycles. The number of nitrogens with one attached hydrogen (secondary N) is 1. The van der Waals surface area contributed by atoms with Gasteiger partial charge in [0.15, 0.2) is 5.12 Å². The lowest BCUT2D eigenvalue weighted by Gasteiger charge is -2.08. The first-order chi connectivity index (χ1) is 9.54. The number of carbonyl (C=O) groups is 1. The second-order valence-electron chi connectivity index (χ2n) is 4.69. The molecule has 1 heterocycles. The summed E-state index contributed by atoms with van der Waals surface area (Å²) in [6.07, 6.45) is 13.5. The van der Waals surface area contributed by atoms with Gasteiger partial charge >= 0.3 is 0 Å². The average molecular weight is 298 g/mol. The number of unbranched alkanes of at least 4 members (excludes halogenated alkanes) is 1. The van der Waals surface area contributed by atoms with Gasteiger partial charge in [0.2, 0.25) is 0 Å². The fourth-order valence-corrected chi connectivity index (χ4v) is 1.49. The van der Waals surface area contributed by atoms with Crippen molar-refractivity contribution >= 4 is 17.7 Å². The number of hydrogen-bond donors (Lipinski definition) is 2. The zero-order valence-corrected chi connectivity index (χ0v) is 14.1. The van der Waals surface area contributed by atoms with Crippen molar-refractivity contribution < 1.29 is 4.79 Å². The molecule has 3 heteroatoms. The number of carbonyl (C=O) groups excluding carboxylic acids is 1. The second kappa shape index (κ2) is 18.2. The average Bonchev–Trinajstić information content (AvgIpc) is 2.45. The van der Waals surface area contributed by atoms with Crippen LogP contribution in [-0.4, -0.2) is 18.2 Å². The third kappa shape index (κ3) is 25.9. The van der Waals surface area contributed by atoms with E-state index >= 15 is 0 Å². The lowest BCUT2D eigenvalue weighted by atomic mass is 10.1. The van der Waals surface area contributed by atoms with Crippen LogP contribution in [0.15, 0.2) is 37.0 Å². The van der Waals surface area contributed by atoms with Gasteiger partial charge in [-0.2, -0.15) is 0 Å². The maximum Gasteiger partial charge on any atom is 0.182 e. The molecule has 1 N–H and O–H groups in total. The minimum atomic E-state index is -0.139. The third-order valence-electron chi connectivity index (χ3n) is 2.53. The van der Waals surface area contributed by atoms with E-state index in [9.17, 15) is 4.79 Å². The van der Waals surface area contributed by atoms with E-state index in [1.165, 1.54) is 57.7 Å². The van der Waals surface area contributed by atoms with Crippen LogP contribution in [0.4, 0.5) is 0 Å². The van der Waals surface area contributed by atoms with E-state index in [0.29, 0.717) is 0 Å². The number of hydrogen-bond acceptors (Lipinski definition) is 2. The summed E-state index contributed by atoms with van der Waals surface area (Å²) in [5.74, 6) is 0. The molecule has 2 nitrogen and oxygen atoms in total. The standard InChI is InChI=1S/C10H16.C5H11N.C2H4OS/c1-4-6-8-10(3)9-7-5-2;1-2-4-6-5-3-1;1-2(3)4/h4,6,8H,1,3,5,7,9H2,2H3;6H,1-5H2;1H3,(H,3,4)/b8-6-;;. The minimum Gasteiger partial charge on any atom is -0.317 e. The van der Waals surface area contributed by atoms with Crippen molar-refractivity contribution in [3.8, 4) is 0 Å². The van der Waals surface area contributed by atoms with E-state index in [0.717, 1.165) is 6.42 Å². The molecule has 20 heavy (non-hydrogen) atoms. The molecule has 0 unspecified atom stereocenters. The van der Waals surface area contributed by atoms with Crippen molar-refractivity contribution in [2.75, 3.05) is 13.1 Å². The Kier molecular flexibility index (Phi) is 19.6. The second-order valence-corrected chi connectivity index (χ2v) is 5.32. The minimum absolute atomic E-state index is 0.139. The summed E-state index contributed by atoms with van der Waals surface area (Å²) in [5, 5.41) is 3.15. The lowest BCUT2D eigenvalue weighted by Crippen LogP contribution is -2.21. The van der Waals surface area contributed by atoms with Crippen molar-refractivity contribution in [2.45, 2.75) is 52.4 Å². The molecule has 0 aliphatic carbocycles. The zero-order valence-electron chi connectivity index (χ0n) is 13.2. The molecule has 0 spiro atoms. The molecule has 0 aromatic rings. The predicted octanol–water partition coefficient (Wildman–Crippen LogP) is 4.70. The Morgan fingerprint density at radius 2 is 1.85 bits per heavy atom. The van der Waals surface area contributed by atoms with E-state index in [2.05, 4.69) is 38.0 Å². The fraction of sp³-hybridized carbons (Fsp3) is 0.588. The van der Waals surface area contributed by atoms with Gasteiger partial charge in [-0.3, -0.25) is 4.79 Å². The van der Waals surface area contributed by atoms with Gasteiger partial charge < -0.3 is 5.32 Å². The van der Waals surface area contributed by atoms with Crippen LogP contribution in [0.5, 0.6) is 0 Å². The first-order valence-corrected chi connectivity index (χ1v) is 7.86. The predicted molar refractivity (Wildman–Crippen MR) is 94.4 cm³/mol. The Hall–Kier alpha value is -0.800. The highest BCUT2D eigenvalue weighted by atomic mass is 32.1. The summed E-state index contributed by atoms with van der Waals surface area (Å²) >= 11 is 3.33. The fourth-order valence-electron chi connectivity index (χ4n) is 1.49. The molecule has 1 aliphatic heterocycles. The van der Waals surface area contributed by atoms with Gasteiger partial charge in [-0.25, -0.2) is 0 Å². The van der Waals surface area contributed by atoms with Crippen molar-refractivity contribution in [2.24, 2.45) is 0 Å². The molecule has 1 fully saturated rings. The van der Waals surface area contributed by atoms with Crippen molar-refractivity contribution in [3.05, 3.63) is 37.0 Å². The highest BCUT2D eigenvalue weighted by Gasteiger charge is 1.93. The van der Waals surface area contributed by atoms with Gasteiger partial charge in [-0.1, -0.05) is 56.7 Å². The Morgan fingerprint density at radius 3 is 2.15 bits per heavy atom. The summed E-state index contributed by atoms with van der Waals surface area (Å²) in [7, 11) is 0. The summed E-state index contributed by atoms with van der Waals surface area (Å²) in [4.78, 5) is 9.31. The van der Waals surface area contributed by atoms with E-state index in [1.54, 1.807) is 6.08 Å². The zero-order chi connectivity index (χ0) is 15.6. The highest BCUT2D eigenvalue weighted by Crippen LogP contribution is 2.05. The smallest absolute Gasteiger partial charge is 0.182 e. The van der Waals surface area contributed by atoms with E-state index in [-0.39, 0.29) is 5.12 Å². The quantitative estimate of drug-likeness (QED) is 0.569. The molecule has 1 aliphatic rings. The highest BCUT2D eigenvalue weighted by molar-refractivity contribution is 7.96. The number of allylic oxidation sites excluding steroid dienone is 4. The summed E-state index contributed by atoms with van der Waals surface area (Å²) in [5.41, 5.74) is 1.20. The molecule has 0 bridgehead atoms. The number of rotatable bonds is 5. The normalized spacial score (nSPS) is 13.6. The Balaban J connectivity index is 0. The molecular weight excluding hydrogens is 266 g/mol. The van der Waals surface area contributed by atoms with Gasteiger partial charge in [0.25, 0.3) is 0 Å². The van der Waals surface area contributed by atoms with E-state index in [1.807, 2.05) is 12.2 Å². The van der Waals surface area contributed by atoms with Gasteiger partial charge in [0, 0.05) is 6.92 Å². The van der Waals surface area contributed by atoms with Crippen molar-refractivity contribution in [1.82, 2.24) is 5.32 Å². The topological polar surface area (TPSA) is 29.1 Å². The molecule has 0 aromatic heterocycles. The lowest BCUT2D eigenvalue weighted by molar-refractivity contribution is -0.108. The summed E-state index contributed by atoms with van der Waals surface area (Å²) in [6.45, 7) is 13.6. The molecule has 0 amide bonds. The van der Waals surface area contributed by atoms with Crippen molar-refractivity contribution in [1.29, 1.82) is 0 Å². The van der Waals surface area contributed by atoms with Crippen LogP contribution in [0, 0.1) is 0 Å². The number of piperidine rings is 1. The van der Waals surface area contributed by atoms with Crippen LogP contribution >= 0.6 is 12.6 Å². The molecular formula is C17H31NOS. The maximum absolute atomic E-state index is 9.31. The molecule has 0 saturated carbocycles. The Bertz CT molecular complexity index is 265. The molecule has 1 rings (SSSR count). The SMILES string of the molecule is C1CCNCC1.C=C/C=C\C(=C)CCCC.CC(=O)S.